The first kappa shape index (κ1) is 18.7. The molecule has 2 heterocycles. The monoisotopic (exact) mass is 385 g/mol. The van der Waals surface area contributed by atoms with Crippen LogP contribution in [0, 0.1) is 0 Å². The third-order valence-corrected chi connectivity index (χ3v) is 4.94. The lowest BCUT2D eigenvalue weighted by Gasteiger charge is -2.21. The van der Waals surface area contributed by atoms with Gasteiger partial charge in [0.25, 0.3) is 5.91 Å². The number of aryl methyl sites for hydroxylation is 1. The molecule has 0 unspecified atom stereocenters. The van der Waals surface area contributed by atoms with E-state index in [1.54, 1.807) is 17.3 Å². The quantitative estimate of drug-likeness (QED) is 0.439. The van der Waals surface area contributed by atoms with Crippen LogP contribution in [0.4, 0.5) is 5.69 Å². The largest absolute Gasteiger partial charge is 0.456 e. The van der Waals surface area contributed by atoms with Crippen molar-refractivity contribution in [1.82, 2.24) is 9.55 Å². The number of carbonyl (C=O) groups is 1. The van der Waals surface area contributed by atoms with Gasteiger partial charge in [-0.25, -0.2) is 0 Å². The van der Waals surface area contributed by atoms with E-state index in [9.17, 15) is 4.79 Å². The first-order valence-electron chi connectivity index (χ1n) is 9.79. The molecule has 5 nitrogen and oxygen atoms in total. The van der Waals surface area contributed by atoms with Gasteiger partial charge in [0.1, 0.15) is 11.5 Å². The van der Waals surface area contributed by atoms with Crippen molar-refractivity contribution in [3.63, 3.8) is 0 Å². The van der Waals surface area contributed by atoms with Crippen LogP contribution in [-0.2, 0) is 6.54 Å². The summed E-state index contributed by atoms with van der Waals surface area (Å²) >= 11 is 0. The molecule has 0 aliphatic carbocycles. The summed E-state index contributed by atoms with van der Waals surface area (Å²) in [5.41, 5.74) is 2.64. The van der Waals surface area contributed by atoms with Crippen LogP contribution in [-0.4, -0.2) is 22.0 Å². The Labute approximate surface area is 170 Å². The first-order chi connectivity index (χ1) is 14.2. The van der Waals surface area contributed by atoms with E-state index >= 15 is 0 Å². The van der Waals surface area contributed by atoms with E-state index in [0.29, 0.717) is 18.0 Å². The van der Waals surface area contributed by atoms with Crippen LogP contribution in [0.2, 0.25) is 0 Å². The predicted octanol–water partition coefficient (Wildman–Crippen LogP) is 5.52. The van der Waals surface area contributed by atoms with E-state index in [2.05, 4.69) is 22.5 Å². The minimum Gasteiger partial charge on any atom is -0.456 e. The van der Waals surface area contributed by atoms with Gasteiger partial charge in [0.2, 0.25) is 0 Å². The fraction of sp³-hybridized carbons (Fsp3) is 0.167. The van der Waals surface area contributed by atoms with Crippen LogP contribution in [0.15, 0.2) is 79.3 Å². The molecule has 0 atom stereocenters. The second-order valence-electron chi connectivity index (χ2n) is 6.68. The van der Waals surface area contributed by atoms with Crippen molar-refractivity contribution >= 4 is 22.5 Å². The van der Waals surface area contributed by atoms with Crippen LogP contribution < -0.4 is 9.64 Å². The lowest BCUT2D eigenvalue weighted by molar-refractivity contribution is 0.0989. The third-order valence-electron chi connectivity index (χ3n) is 4.94. The van der Waals surface area contributed by atoms with Gasteiger partial charge >= 0.3 is 0 Å². The molecule has 0 aliphatic heterocycles. The molecule has 0 spiro atoms. The molecule has 2 aromatic heterocycles. The fourth-order valence-corrected chi connectivity index (χ4v) is 3.51. The first-order valence-corrected chi connectivity index (χ1v) is 9.79. The fourth-order valence-electron chi connectivity index (χ4n) is 3.51. The SMILES string of the molecule is CCN(C(=O)c1cn(CC)c2ccccc12)c1ccc(Oc2cccnc2)cc1. The normalized spacial score (nSPS) is 10.8. The van der Waals surface area contributed by atoms with Crippen molar-refractivity contribution in [3.05, 3.63) is 84.8 Å². The van der Waals surface area contributed by atoms with Gasteiger partial charge in [0.05, 0.1) is 11.8 Å². The number of aromatic nitrogens is 2. The number of anilines is 1. The lowest BCUT2D eigenvalue weighted by atomic mass is 10.1. The van der Waals surface area contributed by atoms with Crippen molar-refractivity contribution < 1.29 is 9.53 Å². The number of amides is 1. The summed E-state index contributed by atoms with van der Waals surface area (Å²) in [6, 6.07) is 19.3. The number of hydrogen-bond acceptors (Lipinski definition) is 3. The van der Waals surface area contributed by atoms with Gasteiger partial charge in [-0.05, 0) is 56.3 Å². The zero-order chi connectivity index (χ0) is 20.2. The smallest absolute Gasteiger partial charge is 0.260 e. The molecule has 0 bridgehead atoms. The topological polar surface area (TPSA) is 47.4 Å². The maximum absolute atomic E-state index is 13.4. The van der Waals surface area contributed by atoms with E-state index in [1.807, 2.05) is 67.7 Å². The highest BCUT2D eigenvalue weighted by atomic mass is 16.5. The van der Waals surface area contributed by atoms with Crippen LogP contribution in [0.25, 0.3) is 10.9 Å². The van der Waals surface area contributed by atoms with E-state index in [1.165, 1.54) is 0 Å². The average molecular weight is 385 g/mol. The summed E-state index contributed by atoms with van der Waals surface area (Å²) < 4.78 is 7.91. The van der Waals surface area contributed by atoms with E-state index < -0.39 is 0 Å². The molecule has 0 saturated carbocycles. The number of carbonyl (C=O) groups excluding carboxylic acids is 1. The van der Waals surface area contributed by atoms with Crippen LogP contribution >= 0.6 is 0 Å². The summed E-state index contributed by atoms with van der Waals surface area (Å²) in [6.07, 6.45) is 5.32. The Morgan fingerprint density at radius 1 is 1.00 bits per heavy atom. The Kier molecular flexibility index (Phi) is 5.29. The van der Waals surface area contributed by atoms with Crippen molar-refractivity contribution in [3.8, 4) is 11.5 Å². The minimum absolute atomic E-state index is 0.00294. The van der Waals surface area contributed by atoms with Gasteiger partial charge in [0, 0.05) is 42.1 Å². The van der Waals surface area contributed by atoms with Gasteiger partial charge in [-0.15, -0.1) is 0 Å². The number of ether oxygens (including phenoxy) is 1. The van der Waals surface area contributed by atoms with Crippen molar-refractivity contribution in [1.29, 1.82) is 0 Å². The summed E-state index contributed by atoms with van der Waals surface area (Å²) in [5, 5.41) is 0.981. The molecule has 0 aliphatic rings. The molecule has 4 aromatic rings. The Bertz CT molecular complexity index is 1120. The third kappa shape index (κ3) is 3.72. The zero-order valence-corrected chi connectivity index (χ0v) is 16.6. The van der Waals surface area contributed by atoms with Crippen LogP contribution in [0.1, 0.15) is 24.2 Å². The highest BCUT2D eigenvalue weighted by molar-refractivity contribution is 6.14. The molecule has 0 N–H and O–H groups in total. The number of benzene rings is 2. The van der Waals surface area contributed by atoms with E-state index in [4.69, 9.17) is 4.74 Å². The highest BCUT2D eigenvalue weighted by Gasteiger charge is 2.21. The zero-order valence-electron chi connectivity index (χ0n) is 16.6. The minimum atomic E-state index is -0.00294. The second-order valence-corrected chi connectivity index (χ2v) is 6.68. The van der Waals surface area contributed by atoms with Crippen molar-refractivity contribution in [2.45, 2.75) is 20.4 Å². The van der Waals surface area contributed by atoms with E-state index in [0.717, 1.165) is 28.7 Å². The van der Waals surface area contributed by atoms with Crippen molar-refractivity contribution in [2.24, 2.45) is 0 Å². The number of nitrogens with zero attached hydrogens (tertiary/aromatic N) is 3. The molecule has 5 heteroatoms. The maximum atomic E-state index is 13.4. The number of rotatable bonds is 6. The molecular formula is C24H23N3O2. The standard InChI is InChI=1S/C24H23N3O2/c1-3-26-17-22(21-9-5-6-10-23(21)26)24(28)27(4-2)18-11-13-19(14-12-18)29-20-8-7-15-25-16-20/h5-17H,3-4H2,1-2H3. The lowest BCUT2D eigenvalue weighted by Crippen LogP contribution is -2.30. The highest BCUT2D eigenvalue weighted by Crippen LogP contribution is 2.27. The maximum Gasteiger partial charge on any atom is 0.260 e. The Balaban J connectivity index is 1.61. The molecule has 0 saturated heterocycles. The number of para-hydroxylation sites is 1. The Morgan fingerprint density at radius 2 is 1.79 bits per heavy atom. The molecule has 4 rings (SSSR count). The molecule has 1 amide bonds. The molecule has 29 heavy (non-hydrogen) atoms. The summed E-state index contributed by atoms with van der Waals surface area (Å²) in [6.45, 7) is 5.46. The average Bonchev–Trinajstić information content (AvgIpc) is 3.15. The summed E-state index contributed by atoms with van der Waals surface area (Å²) in [5.74, 6) is 1.38. The molecule has 2 aromatic carbocycles. The van der Waals surface area contributed by atoms with Gasteiger partial charge < -0.3 is 14.2 Å². The van der Waals surface area contributed by atoms with Gasteiger partial charge in [-0.3, -0.25) is 9.78 Å². The number of fused-ring (bicyclic) bond motifs is 1. The second kappa shape index (κ2) is 8.19. The summed E-state index contributed by atoms with van der Waals surface area (Å²) in [7, 11) is 0. The molecular weight excluding hydrogens is 362 g/mol. The van der Waals surface area contributed by atoms with Crippen molar-refractivity contribution in [2.75, 3.05) is 11.4 Å². The summed E-state index contributed by atoms with van der Waals surface area (Å²) in [4.78, 5) is 19.2. The molecule has 0 fully saturated rings. The van der Waals surface area contributed by atoms with Crippen LogP contribution in [0.3, 0.4) is 0 Å². The van der Waals surface area contributed by atoms with Crippen LogP contribution in [0.5, 0.6) is 11.5 Å². The predicted molar refractivity (Wildman–Crippen MR) is 116 cm³/mol. The van der Waals surface area contributed by atoms with Gasteiger partial charge in [0.15, 0.2) is 0 Å². The number of hydrogen-bond donors (Lipinski definition) is 0. The Morgan fingerprint density at radius 3 is 2.48 bits per heavy atom. The molecule has 0 radical (unpaired) electrons. The van der Waals surface area contributed by atoms with E-state index in [-0.39, 0.29) is 5.91 Å². The van der Waals surface area contributed by atoms with Gasteiger partial charge in [-0.1, -0.05) is 18.2 Å². The van der Waals surface area contributed by atoms with Gasteiger partial charge in [-0.2, -0.15) is 0 Å². The number of pyridine rings is 1. The Hall–Kier alpha value is -3.60. The molecule has 146 valence electrons.